The van der Waals surface area contributed by atoms with Crippen LogP contribution >= 0.6 is 0 Å². The number of rotatable bonds is 6. The lowest BCUT2D eigenvalue weighted by molar-refractivity contribution is -0.120. The molecule has 0 aromatic heterocycles. The Labute approximate surface area is 102 Å². The number of sulfonamides is 1. The van der Waals surface area contributed by atoms with E-state index in [0.29, 0.717) is 5.56 Å². The van der Waals surface area contributed by atoms with Crippen LogP contribution in [0.4, 0.5) is 0 Å². The van der Waals surface area contributed by atoms with Gasteiger partial charge in [0.05, 0.1) is 12.3 Å². The standard InChI is InChI=1S/C12H17NO3S/c1-10(2)12(14)8-13-17(15,16)9-11-6-4-3-5-7-11/h3-7,10,13H,8-9H2,1-2H3. The molecule has 0 atom stereocenters. The van der Waals surface area contributed by atoms with Gasteiger partial charge in [0.15, 0.2) is 0 Å². The number of nitrogens with one attached hydrogen (secondary N) is 1. The first kappa shape index (κ1) is 13.9. The summed E-state index contributed by atoms with van der Waals surface area (Å²) in [6.45, 7) is 3.36. The maximum Gasteiger partial charge on any atom is 0.216 e. The summed E-state index contributed by atoms with van der Waals surface area (Å²) in [6.07, 6.45) is 0. The molecule has 0 spiro atoms. The fraction of sp³-hybridized carbons (Fsp3) is 0.417. The molecule has 17 heavy (non-hydrogen) atoms. The van der Waals surface area contributed by atoms with Crippen molar-refractivity contribution in [3.63, 3.8) is 0 Å². The second-order valence-corrected chi connectivity index (χ2v) is 5.99. The average Bonchev–Trinajstić information content (AvgIpc) is 2.26. The molecule has 0 fully saturated rings. The Morgan fingerprint density at radius 2 is 1.82 bits per heavy atom. The van der Waals surface area contributed by atoms with E-state index < -0.39 is 10.0 Å². The van der Waals surface area contributed by atoms with Crippen molar-refractivity contribution in [3.05, 3.63) is 35.9 Å². The first-order valence-corrected chi connectivity index (χ1v) is 7.10. The van der Waals surface area contributed by atoms with E-state index in [0.717, 1.165) is 0 Å². The molecule has 1 aromatic rings. The summed E-state index contributed by atoms with van der Waals surface area (Å²) < 4.78 is 25.6. The molecule has 1 rings (SSSR count). The minimum Gasteiger partial charge on any atom is -0.298 e. The summed E-state index contributed by atoms with van der Waals surface area (Å²) >= 11 is 0. The van der Waals surface area contributed by atoms with Crippen LogP contribution in [0.15, 0.2) is 30.3 Å². The van der Waals surface area contributed by atoms with Crippen molar-refractivity contribution in [2.45, 2.75) is 19.6 Å². The zero-order chi connectivity index (χ0) is 12.9. The predicted octanol–water partition coefficient (Wildman–Crippen LogP) is 1.33. The molecule has 1 N–H and O–H groups in total. The van der Waals surface area contributed by atoms with E-state index in [1.54, 1.807) is 38.1 Å². The van der Waals surface area contributed by atoms with Crippen molar-refractivity contribution >= 4 is 15.8 Å². The fourth-order valence-electron chi connectivity index (χ4n) is 1.23. The van der Waals surface area contributed by atoms with Gasteiger partial charge in [0.1, 0.15) is 5.78 Å². The molecule has 0 saturated heterocycles. The van der Waals surface area contributed by atoms with Gasteiger partial charge in [0.2, 0.25) is 10.0 Å². The number of benzene rings is 1. The van der Waals surface area contributed by atoms with E-state index in [1.165, 1.54) is 0 Å². The first-order valence-electron chi connectivity index (χ1n) is 5.44. The second kappa shape index (κ2) is 5.93. The number of hydrogen-bond acceptors (Lipinski definition) is 3. The summed E-state index contributed by atoms with van der Waals surface area (Å²) in [6, 6.07) is 8.87. The first-order chi connectivity index (χ1) is 7.91. The minimum atomic E-state index is -3.43. The molecule has 0 radical (unpaired) electrons. The SMILES string of the molecule is CC(C)C(=O)CNS(=O)(=O)Cc1ccccc1. The van der Waals surface area contributed by atoms with Crippen molar-refractivity contribution in [1.29, 1.82) is 0 Å². The molecule has 0 aliphatic rings. The fourth-order valence-corrected chi connectivity index (χ4v) is 2.33. The van der Waals surface area contributed by atoms with Crippen molar-refractivity contribution < 1.29 is 13.2 Å². The maximum atomic E-state index is 11.7. The number of Topliss-reactive ketones (excluding diaryl/α,β-unsaturated/α-hetero) is 1. The Morgan fingerprint density at radius 1 is 1.24 bits per heavy atom. The van der Waals surface area contributed by atoms with Crippen LogP contribution in [-0.4, -0.2) is 20.7 Å². The summed E-state index contributed by atoms with van der Waals surface area (Å²) in [5.74, 6) is -0.366. The summed E-state index contributed by atoms with van der Waals surface area (Å²) in [4.78, 5) is 11.3. The number of carbonyl (C=O) groups excluding carboxylic acids is 1. The van der Waals surface area contributed by atoms with Gasteiger partial charge in [-0.05, 0) is 5.56 Å². The van der Waals surface area contributed by atoms with Gasteiger partial charge >= 0.3 is 0 Å². The van der Waals surface area contributed by atoms with E-state index >= 15 is 0 Å². The Bertz CT molecular complexity index is 466. The van der Waals surface area contributed by atoms with Crippen molar-refractivity contribution in [2.75, 3.05) is 6.54 Å². The van der Waals surface area contributed by atoms with E-state index in [-0.39, 0.29) is 24.0 Å². The lowest BCUT2D eigenvalue weighted by atomic mass is 10.1. The highest BCUT2D eigenvalue weighted by Crippen LogP contribution is 2.04. The lowest BCUT2D eigenvalue weighted by Crippen LogP contribution is -2.32. The van der Waals surface area contributed by atoms with Gasteiger partial charge in [-0.1, -0.05) is 44.2 Å². The third kappa shape index (κ3) is 5.10. The van der Waals surface area contributed by atoms with Gasteiger partial charge in [-0.25, -0.2) is 13.1 Å². The highest BCUT2D eigenvalue weighted by Gasteiger charge is 2.14. The van der Waals surface area contributed by atoms with E-state index in [1.807, 2.05) is 6.07 Å². The zero-order valence-electron chi connectivity index (χ0n) is 10.0. The van der Waals surface area contributed by atoms with Crippen LogP contribution in [0.5, 0.6) is 0 Å². The van der Waals surface area contributed by atoms with Crippen molar-refractivity contribution in [3.8, 4) is 0 Å². The topological polar surface area (TPSA) is 63.2 Å². The third-order valence-corrected chi connectivity index (χ3v) is 3.61. The smallest absolute Gasteiger partial charge is 0.216 e. The number of carbonyl (C=O) groups is 1. The number of ketones is 1. The molecule has 0 unspecified atom stereocenters. The molecule has 0 aliphatic heterocycles. The van der Waals surface area contributed by atoms with Gasteiger partial charge in [-0.3, -0.25) is 4.79 Å². The second-order valence-electron chi connectivity index (χ2n) is 4.19. The van der Waals surface area contributed by atoms with Gasteiger partial charge in [0, 0.05) is 5.92 Å². The van der Waals surface area contributed by atoms with Crippen LogP contribution in [0.2, 0.25) is 0 Å². The molecular weight excluding hydrogens is 238 g/mol. The molecule has 0 saturated carbocycles. The zero-order valence-corrected chi connectivity index (χ0v) is 10.8. The van der Waals surface area contributed by atoms with Crippen molar-refractivity contribution in [2.24, 2.45) is 5.92 Å². The normalized spacial score (nSPS) is 11.7. The highest BCUT2D eigenvalue weighted by molar-refractivity contribution is 7.88. The molecule has 94 valence electrons. The Hall–Kier alpha value is -1.20. The molecule has 5 heteroatoms. The largest absolute Gasteiger partial charge is 0.298 e. The minimum absolute atomic E-state index is 0.0980. The molecule has 0 amide bonds. The van der Waals surface area contributed by atoms with Crippen LogP contribution < -0.4 is 4.72 Å². The van der Waals surface area contributed by atoms with Crippen LogP contribution in [-0.2, 0) is 20.6 Å². The summed E-state index contributed by atoms with van der Waals surface area (Å²) in [5, 5.41) is 0. The van der Waals surface area contributed by atoms with E-state index in [9.17, 15) is 13.2 Å². The molecule has 0 bridgehead atoms. The Kier molecular flexibility index (Phi) is 4.84. The van der Waals surface area contributed by atoms with Crippen LogP contribution in [0.25, 0.3) is 0 Å². The Morgan fingerprint density at radius 3 is 2.35 bits per heavy atom. The molecule has 1 aromatic carbocycles. The Balaban J connectivity index is 2.56. The van der Waals surface area contributed by atoms with Gasteiger partial charge < -0.3 is 0 Å². The van der Waals surface area contributed by atoms with E-state index in [4.69, 9.17) is 0 Å². The summed E-state index contributed by atoms with van der Waals surface area (Å²) in [5.41, 5.74) is 0.706. The molecule has 4 nitrogen and oxygen atoms in total. The van der Waals surface area contributed by atoms with Crippen LogP contribution in [0.3, 0.4) is 0 Å². The summed E-state index contributed by atoms with van der Waals surface area (Å²) in [7, 11) is -3.43. The predicted molar refractivity (Wildman–Crippen MR) is 66.9 cm³/mol. The molecular formula is C12H17NO3S. The highest BCUT2D eigenvalue weighted by atomic mass is 32.2. The lowest BCUT2D eigenvalue weighted by Gasteiger charge is -2.07. The van der Waals surface area contributed by atoms with Gasteiger partial charge in [0.25, 0.3) is 0 Å². The van der Waals surface area contributed by atoms with Gasteiger partial charge in [-0.15, -0.1) is 0 Å². The quantitative estimate of drug-likeness (QED) is 0.834. The molecule has 0 heterocycles. The monoisotopic (exact) mass is 255 g/mol. The van der Waals surface area contributed by atoms with Crippen LogP contribution in [0.1, 0.15) is 19.4 Å². The van der Waals surface area contributed by atoms with Crippen molar-refractivity contribution in [1.82, 2.24) is 4.72 Å². The maximum absolute atomic E-state index is 11.7. The molecule has 0 aliphatic carbocycles. The van der Waals surface area contributed by atoms with Gasteiger partial charge in [-0.2, -0.15) is 0 Å². The average molecular weight is 255 g/mol. The van der Waals surface area contributed by atoms with E-state index in [2.05, 4.69) is 4.72 Å². The third-order valence-electron chi connectivity index (χ3n) is 2.31. The number of hydrogen-bond donors (Lipinski definition) is 1. The van der Waals surface area contributed by atoms with Crippen LogP contribution in [0, 0.1) is 5.92 Å².